The van der Waals surface area contributed by atoms with Gasteiger partial charge in [0.1, 0.15) is 6.61 Å². The van der Waals surface area contributed by atoms with Crippen LogP contribution in [-0.4, -0.2) is 31.1 Å². The van der Waals surface area contributed by atoms with Crippen LogP contribution in [0.3, 0.4) is 0 Å². The Bertz CT molecular complexity index is 171. The maximum absolute atomic E-state index is 11.7. The molecule has 0 aromatic carbocycles. The van der Waals surface area contributed by atoms with E-state index in [2.05, 4.69) is 4.74 Å². The summed E-state index contributed by atoms with van der Waals surface area (Å²) in [7, 11) is 0. The normalized spacial score (nSPS) is 16.4. The van der Waals surface area contributed by atoms with Gasteiger partial charge < -0.3 is 9.84 Å². The van der Waals surface area contributed by atoms with Gasteiger partial charge in [0.2, 0.25) is 0 Å². The van der Waals surface area contributed by atoms with Crippen LogP contribution in [0.2, 0.25) is 0 Å². The Morgan fingerprint density at radius 3 is 2.20 bits per heavy atom. The molecule has 0 aliphatic carbocycles. The number of halogens is 3. The Balaban J connectivity index is 3.73. The number of ether oxygens (including phenoxy) is 1. The van der Waals surface area contributed by atoms with Crippen LogP contribution < -0.4 is 0 Å². The molecule has 0 radical (unpaired) electrons. The monoisotopic (exact) mass is 228 g/mol. The number of alkyl halides is 3. The van der Waals surface area contributed by atoms with Crippen LogP contribution in [0.15, 0.2) is 0 Å². The molecule has 0 aliphatic heterocycles. The fourth-order valence-electron chi connectivity index (χ4n) is 1.39. The summed E-state index contributed by atoms with van der Waals surface area (Å²) < 4.78 is 39.7. The van der Waals surface area contributed by atoms with Crippen molar-refractivity contribution in [1.82, 2.24) is 0 Å². The fraction of sp³-hybridized carbons (Fsp3) is 1.00. The molecule has 0 rings (SSSR count). The van der Waals surface area contributed by atoms with Crippen LogP contribution in [0.1, 0.15) is 33.1 Å². The molecule has 5 heteroatoms. The summed E-state index contributed by atoms with van der Waals surface area (Å²) >= 11 is 0. The average Bonchev–Trinajstić information content (AvgIpc) is 2.12. The van der Waals surface area contributed by atoms with E-state index in [-0.39, 0.29) is 18.6 Å². The van der Waals surface area contributed by atoms with Crippen molar-refractivity contribution in [2.24, 2.45) is 5.41 Å². The van der Waals surface area contributed by atoms with E-state index in [0.29, 0.717) is 6.42 Å². The van der Waals surface area contributed by atoms with Crippen molar-refractivity contribution in [1.29, 1.82) is 0 Å². The molecule has 0 fully saturated rings. The van der Waals surface area contributed by atoms with Crippen LogP contribution in [0.5, 0.6) is 0 Å². The van der Waals surface area contributed by atoms with Gasteiger partial charge in [-0.05, 0) is 18.3 Å². The standard InChI is InChI=1S/C10H19F3O2/c1-3-4-9(2,7-14)5-6-15-8-10(11,12)13/h14H,3-8H2,1-2H3. The van der Waals surface area contributed by atoms with Gasteiger partial charge in [0, 0.05) is 13.2 Å². The van der Waals surface area contributed by atoms with Crippen LogP contribution in [0.25, 0.3) is 0 Å². The molecule has 2 nitrogen and oxygen atoms in total. The van der Waals surface area contributed by atoms with Gasteiger partial charge in [0.25, 0.3) is 0 Å². The first-order chi connectivity index (χ1) is 6.83. The van der Waals surface area contributed by atoms with Gasteiger partial charge in [-0.25, -0.2) is 0 Å². The Kier molecular flexibility index (Phi) is 6.20. The lowest BCUT2D eigenvalue weighted by Gasteiger charge is -2.26. The first kappa shape index (κ1) is 14.7. The summed E-state index contributed by atoms with van der Waals surface area (Å²) in [6.45, 7) is 2.64. The summed E-state index contributed by atoms with van der Waals surface area (Å²) in [6, 6.07) is 0. The molecule has 0 heterocycles. The highest BCUT2D eigenvalue weighted by atomic mass is 19.4. The molecular weight excluding hydrogens is 209 g/mol. The van der Waals surface area contributed by atoms with Gasteiger partial charge in [0.15, 0.2) is 0 Å². The molecule has 0 bridgehead atoms. The van der Waals surface area contributed by atoms with Crippen molar-refractivity contribution in [2.45, 2.75) is 39.3 Å². The number of rotatable bonds is 7. The maximum Gasteiger partial charge on any atom is 0.411 e. The van der Waals surface area contributed by atoms with Gasteiger partial charge in [-0.1, -0.05) is 20.3 Å². The molecule has 0 aliphatic rings. The second-order valence-corrected chi connectivity index (χ2v) is 4.14. The lowest BCUT2D eigenvalue weighted by molar-refractivity contribution is -0.175. The maximum atomic E-state index is 11.7. The smallest absolute Gasteiger partial charge is 0.396 e. The minimum Gasteiger partial charge on any atom is -0.396 e. The topological polar surface area (TPSA) is 29.5 Å². The second kappa shape index (κ2) is 6.33. The lowest BCUT2D eigenvalue weighted by atomic mass is 9.83. The van der Waals surface area contributed by atoms with Gasteiger partial charge in [0.05, 0.1) is 0 Å². The van der Waals surface area contributed by atoms with E-state index in [9.17, 15) is 13.2 Å². The van der Waals surface area contributed by atoms with Crippen molar-refractivity contribution >= 4 is 0 Å². The first-order valence-corrected chi connectivity index (χ1v) is 5.08. The quantitative estimate of drug-likeness (QED) is 0.679. The van der Waals surface area contributed by atoms with E-state index < -0.39 is 12.8 Å². The molecule has 92 valence electrons. The average molecular weight is 228 g/mol. The Morgan fingerprint density at radius 2 is 1.80 bits per heavy atom. The summed E-state index contributed by atoms with van der Waals surface area (Å²) in [6.07, 6.45) is -2.12. The van der Waals surface area contributed by atoms with Gasteiger partial charge in [-0.2, -0.15) is 13.2 Å². The van der Waals surface area contributed by atoms with Crippen LogP contribution in [-0.2, 0) is 4.74 Å². The van der Waals surface area contributed by atoms with Gasteiger partial charge in [-0.3, -0.25) is 0 Å². The molecule has 15 heavy (non-hydrogen) atoms. The van der Waals surface area contributed by atoms with E-state index in [1.165, 1.54) is 0 Å². The van der Waals surface area contributed by atoms with Crippen molar-refractivity contribution in [3.63, 3.8) is 0 Å². The zero-order chi connectivity index (χ0) is 11.9. The number of aliphatic hydroxyl groups is 1. The summed E-state index contributed by atoms with van der Waals surface area (Å²) in [4.78, 5) is 0. The van der Waals surface area contributed by atoms with Crippen molar-refractivity contribution in [3.8, 4) is 0 Å². The molecule has 0 saturated heterocycles. The molecule has 1 atom stereocenters. The third-order valence-corrected chi connectivity index (χ3v) is 2.35. The molecule has 1 unspecified atom stereocenters. The summed E-state index contributed by atoms with van der Waals surface area (Å²) in [5.41, 5.74) is -0.319. The van der Waals surface area contributed by atoms with Gasteiger partial charge in [-0.15, -0.1) is 0 Å². The molecule has 0 aromatic rings. The minimum atomic E-state index is -4.26. The Morgan fingerprint density at radius 1 is 1.20 bits per heavy atom. The molecule has 0 aromatic heterocycles. The predicted octanol–water partition coefficient (Wildman–Crippen LogP) is 2.75. The highest BCUT2D eigenvalue weighted by Crippen LogP contribution is 2.27. The van der Waals surface area contributed by atoms with Crippen LogP contribution in [0.4, 0.5) is 13.2 Å². The third-order valence-electron chi connectivity index (χ3n) is 2.35. The summed E-state index contributed by atoms with van der Waals surface area (Å²) in [5.74, 6) is 0. The van der Waals surface area contributed by atoms with E-state index in [4.69, 9.17) is 5.11 Å². The molecule has 0 amide bonds. The van der Waals surface area contributed by atoms with Crippen LogP contribution in [0, 0.1) is 5.41 Å². The van der Waals surface area contributed by atoms with Crippen molar-refractivity contribution < 1.29 is 23.0 Å². The van der Waals surface area contributed by atoms with E-state index in [1.807, 2.05) is 13.8 Å². The fourth-order valence-corrected chi connectivity index (χ4v) is 1.39. The second-order valence-electron chi connectivity index (χ2n) is 4.14. The highest BCUT2D eigenvalue weighted by molar-refractivity contribution is 4.72. The SMILES string of the molecule is CCCC(C)(CO)CCOCC(F)(F)F. The Labute approximate surface area is 88.4 Å². The van der Waals surface area contributed by atoms with Crippen molar-refractivity contribution in [3.05, 3.63) is 0 Å². The minimum absolute atomic E-state index is 0.0176. The van der Waals surface area contributed by atoms with Crippen molar-refractivity contribution in [2.75, 3.05) is 19.8 Å². The molecular formula is C10H19F3O2. The van der Waals surface area contributed by atoms with E-state index >= 15 is 0 Å². The third kappa shape index (κ3) is 7.62. The molecule has 1 N–H and O–H groups in total. The first-order valence-electron chi connectivity index (χ1n) is 5.08. The van der Waals surface area contributed by atoms with Crippen LogP contribution >= 0.6 is 0 Å². The number of aliphatic hydroxyl groups excluding tert-OH is 1. The molecule has 0 saturated carbocycles. The highest BCUT2D eigenvalue weighted by Gasteiger charge is 2.28. The van der Waals surface area contributed by atoms with E-state index in [0.717, 1.165) is 12.8 Å². The zero-order valence-corrected chi connectivity index (χ0v) is 9.23. The zero-order valence-electron chi connectivity index (χ0n) is 9.23. The summed E-state index contributed by atoms with van der Waals surface area (Å²) in [5, 5.41) is 9.10. The van der Waals surface area contributed by atoms with Gasteiger partial charge >= 0.3 is 6.18 Å². The Hall–Kier alpha value is -0.290. The number of hydrogen-bond acceptors (Lipinski definition) is 2. The molecule has 0 spiro atoms. The van der Waals surface area contributed by atoms with E-state index in [1.54, 1.807) is 0 Å². The predicted molar refractivity (Wildman–Crippen MR) is 51.6 cm³/mol. The number of hydrogen-bond donors (Lipinski definition) is 1. The lowest BCUT2D eigenvalue weighted by Crippen LogP contribution is -2.25. The largest absolute Gasteiger partial charge is 0.411 e.